The van der Waals surface area contributed by atoms with Crippen molar-refractivity contribution in [3.8, 4) is 0 Å². The van der Waals surface area contributed by atoms with Crippen LogP contribution in [0, 0.1) is 0 Å². The van der Waals surface area contributed by atoms with E-state index in [-0.39, 0.29) is 11.3 Å². The van der Waals surface area contributed by atoms with Gasteiger partial charge in [0, 0.05) is 40.2 Å². The lowest BCUT2D eigenvalue weighted by atomic mass is 10.2. The first kappa shape index (κ1) is 13.1. The van der Waals surface area contributed by atoms with E-state index in [4.69, 9.17) is 5.73 Å². The molecule has 92 valence electrons. The summed E-state index contributed by atoms with van der Waals surface area (Å²) in [6.07, 6.45) is 3.76. The van der Waals surface area contributed by atoms with Crippen LogP contribution in [-0.2, 0) is 7.05 Å². The molecule has 0 saturated heterocycles. The second kappa shape index (κ2) is 5.56. The Morgan fingerprint density at radius 2 is 2.35 bits per heavy atom. The Kier molecular flexibility index (Phi) is 4.30. The molecule has 0 aliphatic rings. The summed E-state index contributed by atoms with van der Waals surface area (Å²) >= 11 is 6.92. The molecule has 0 aromatic carbocycles. The largest absolute Gasteiger partial charge is 0.329 e. The monoisotopic (exact) mass is 331 g/mol. The number of hydrogen-bond acceptors (Lipinski definition) is 4. The number of halogens is 1. The minimum Gasteiger partial charge on any atom is -0.329 e. The fourth-order valence-electron chi connectivity index (χ4n) is 1.48. The number of hydrogen-bond donors (Lipinski definition) is 1. The molecule has 0 saturated carbocycles. The van der Waals surface area contributed by atoms with Gasteiger partial charge in [-0.2, -0.15) is 0 Å². The molecule has 2 atom stereocenters. The highest BCUT2D eigenvalue weighted by Gasteiger charge is 2.21. The van der Waals surface area contributed by atoms with E-state index in [1.165, 1.54) is 4.88 Å². The van der Waals surface area contributed by atoms with Gasteiger partial charge in [-0.25, -0.2) is 4.98 Å². The van der Waals surface area contributed by atoms with E-state index in [0.717, 1.165) is 9.63 Å². The number of rotatable bonds is 4. The molecule has 0 bridgehead atoms. The summed E-state index contributed by atoms with van der Waals surface area (Å²) < 4.78 is 3.13. The molecule has 2 aromatic heterocycles. The molecular weight excluding hydrogens is 318 g/mol. The third-order valence-electron chi connectivity index (χ3n) is 2.36. The summed E-state index contributed by atoms with van der Waals surface area (Å²) in [6, 6.07) is 2.22. The molecule has 17 heavy (non-hydrogen) atoms. The average molecular weight is 332 g/mol. The predicted molar refractivity (Wildman–Crippen MR) is 77.5 cm³/mol. The summed E-state index contributed by atoms with van der Waals surface area (Å²) in [5.41, 5.74) is 6.08. The molecular formula is C11H14BrN3S2. The normalized spacial score (nSPS) is 14.8. The first-order chi connectivity index (χ1) is 8.08. The molecule has 2 N–H and O–H groups in total. The van der Waals surface area contributed by atoms with Crippen molar-refractivity contribution in [2.45, 2.75) is 23.4 Å². The number of thiophene rings is 1. The number of aryl methyl sites for hydroxylation is 1. The topological polar surface area (TPSA) is 43.8 Å². The molecule has 0 aliphatic carbocycles. The van der Waals surface area contributed by atoms with Gasteiger partial charge >= 0.3 is 0 Å². The lowest BCUT2D eigenvalue weighted by molar-refractivity contribution is 0.717. The van der Waals surface area contributed by atoms with Crippen LogP contribution in [0.5, 0.6) is 0 Å². The van der Waals surface area contributed by atoms with Gasteiger partial charge in [-0.05, 0) is 28.9 Å². The Balaban J connectivity index is 2.22. The summed E-state index contributed by atoms with van der Waals surface area (Å²) in [5, 5.41) is 3.33. The van der Waals surface area contributed by atoms with E-state index < -0.39 is 0 Å². The van der Waals surface area contributed by atoms with Crippen LogP contribution in [0.25, 0.3) is 0 Å². The molecule has 3 nitrogen and oxygen atoms in total. The predicted octanol–water partition coefficient (Wildman–Crippen LogP) is 3.42. The Morgan fingerprint density at radius 1 is 1.59 bits per heavy atom. The van der Waals surface area contributed by atoms with Crippen LogP contribution in [0.3, 0.4) is 0 Å². The lowest BCUT2D eigenvalue weighted by Gasteiger charge is -2.18. The van der Waals surface area contributed by atoms with Gasteiger partial charge in [0.25, 0.3) is 0 Å². The van der Waals surface area contributed by atoms with Crippen LogP contribution < -0.4 is 5.73 Å². The average Bonchev–Trinajstić information content (AvgIpc) is 2.84. The first-order valence-electron chi connectivity index (χ1n) is 5.21. The number of thioether (sulfide) groups is 1. The maximum atomic E-state index is 6.08. The Morgan fingerprint density at radius 3 is 2.82 bits per heavy atom. The highest BCUT2D eigenvalue weighted by atomic mass is 79.9. The second-order valence-electron chi connectivity index (χ2n) is 3.89. The van der Waals surface area contributed by atoms with E-state index >= 15 is 0 Å². The van der Waals surface area contributed by atoms with Gasteiger partial charge in [0.15, 0.2) is 5.16 Å². The third kappa shape index (κ3) is 3.13. The van der Waals surface area contributed by atoms with Crippen LogP contribution in [-0.4, -0.2) is 15.6 Å². The van der Waals surface area contributed by atoms with E-state index in [1.54, 1.807) is 23.1 Å². The summed E-state index contributed by atoms with van der Waals surface area (Å²) in [4.78, 5) is 5.61. The van der Waals surface area contributed by atoms with Crippen molar-refractivity contribution < 1.29 is 0 Å². The van der Waals surface area contributed by atoms with E-state index in [2.05, 4.69) is 32.4 Å². The molecule has 0 fully saturated rings. The fraction of sp³-hybridized carbons (Fsp3) is 0.364. The van der Waals surface area contributed by atoms with E-state index in [1.807, 2.05) is 30.9 Å². The first-order valence-corrected chi connectivity index (χ1v) is 7.76. The van der Waals surface area contributed by atoms with Gasteiger partial charge in [-0.15, -0.1) is 11.3 Å². The maximum absolute atomic E-state index is 6.08. The van der Waals surface area contributed by atoms with E-state index in [0.29, 0.717) is 0 Å². The van der Waals surface area contributed by atoms with Gasteiger partial charge in [0.2, 0.25) is 0 Å². The zero-order valence-electron chi connectivity index (χ0n) is 9.63. The maximum Gasteiger partial charge on any atom is 0.168 e. The number of imidazole rings is 1. The lowest BCUT2D eigenvalue weighted by Crippen LogP contribution is -2.22. The van der Waals surface area contributed by atoms with Gasteiger partial charge in [0.05, 0.1) is 5.25 Å². The molecule has 2 aromatic rings. The smallest absolute Gasteiger partial charge is 0.168 e. The Labute approximate surface area is 118 Å². The molecule has 2 heterocycles. The SMILES string of the molecule is CC(N)C(Sc1nccn1C)c1cc(Br)cs1. The van der Waals surface area contributed by atoms with Crippen LogP contribution >= 0.6 is 39.0 Å². The number of nitrogens with two attached hydrogens (primary N) is 1. The standard InChI is InChI=1S/C11H14BrN3S2/c1-7(13)10(9-5-8(12)6-16-9)17-11-14-3-4-15(11)2/h3-7,10H,13H2,1-2H3. The summed E-state index contributed by atoms with van der Waals surface area (Å²) in [6.45, 7) is 2.04. The highest BCUT2D eigenvalue weighted by Crippen LogP contribution is 2.39. The zero-order valence-corrected chi connectivity index (χ0v) is 12.8. The van der Waals surface area contributed by atoms with Crippen molar-refractivity contribution in [1.82, 2.24) is 9.55 Å². The highest BCUT2D eigenvalue weighted by molar-refractivity contribution is 9.10. The molecule has 0 aliphatic heterocycles. The minimum absolute atomic E-state index is 0.0854. The van der Waals surface area contributed by atoms with Crippen molar-refractivity contribution in [2.24, 2.45) is 12.8 Å². The van der Waals surface area contributed by atoms with Crippen LogP contribution in [0.15, 0.2) is 33.5 Å². The molecule has 2 rings (SSSR count). The Bertz CT molecular complexity index is 492. The Hall–Kier alpha value is -0.300. The van der Waals surface area contributed by atoms with Crippen LogP contribution in [0.2, 0.25) is 0 Å². The van der Waals surface area contributed by atoms with Crippen molar-refractivity contribution in [3.63, 3.8) is 0 Å². The molecule has 0 spiro atoms. The van der Waals surface area contributed by atoms with Crippen molar-refractivity contribution in [3.05, 3.63) is 33.2 Å². The molecule has 2 unspecified atom stereocenters. The van der Waals surface area contributed by atoms with Gasteiger partial charge < -0.3 is 10.3 Å². The van der Waals surface area contributed by atoms with Crippen molar-refractivity contribution in [1.29, 1.82) is 0 Å². The molecule has 0 amide bonds. The van der Waals surface area contributed by atoms with Gasteiger partial charge in [-0.1, -0.05) is 11.8 Å². The van der Waals surface area contributed by atoms with Crippen molar-refractivity contribution in [2.75, 3.05) is 0 Å². The van der Waals surface area contributed by atoms with Crippen LogP contribution in [0.1, 0.15) is 17.1 Å². The number of nitrogens with zero attached hydrogens (tertiary/aromatic N) is 2. The third-order valence-corrected chi connectivity index (χ3v) is 5.82. The van der Waals surface area contributed by atoms with Gasteiger partial charge in [0.1, 0.15) is 0 Å². The quantitative estimate of drug-likeness (QED) is 0.873. The van der Waals surface area contributed by atoms with Gasteiger partial charge in [-0.3, -0.25) is 0 Å². The fourth-order valence-corrected chi connectivity index (χ4v) is 4.31. The minimum atomic E-state index is 0.0854. The van der Waals surface area contributed by atoms with E-state index in [9.17, 15) is 0 Å². The molecule has 0 radical (unpaired) electrons. The van der Waals surface area contributed by atoms with Crippen LogP contribution in [0.4, 0.5) is 0 Å². The zero-order chi connectivity index (χ0) is 12.4. The molecule has 6 heteroatoms. The summed E-state index contributed by atoms with van der Waals surface area (Å²) in [5.74, 6) is 0. The summed E-state index contributed by atoms with van der Waals surface area (Å²) in [7, 11) is 2.00. The second-order valence-corrected chi connectivity index (χ2v) is 6.85. The van der Waals surface area contributed by atoms with Crippen molar-refractivity contribution >= 4 is 39.0 Å². The number of aromatic nitrogens is 2.